The molecule has 3 aromatic rings. The number of hydrogen-bond donors (Lipinski definition) is 1. The van der Waals surface area contributed by atoms with Crippen LogP contribution < -0.4 is 21.5 Å². The quantitative estimate of drug-likeness (QED) is 0.677. The van der Waals surface area contributed by atoms with E-state index in [1.807, 2.05) is 0 Å². The van der Waals surface area contributed by atoms with Gasteiger partial charge in [0, 0.05) is 28.8 Å². The number of benzene rings is 1. The van der Waals surface area contributed by atoms with Gasteiger partial charge in [-0.3, -0.25) is 0 Å². The topological polar surface area (TPSA) is 19.7 Å². The van der Waals surface area contributed by atoms with Gasteiger partial charge >= 0.3 is 0 Å². The van der Waals surface area contributed by atoms with Gasteiger partial charge in [-0.1, -0.05) is 31.5 Å². The first-order valence-corrected chi connectivity index (χ1v) is 6.28. The van der Waals surface area contributed by atoms with Crippen molar-refractivity contribution in [1.82, 2.24) is 4.98 Å². The first kappa shape index (κ1) is 13.1. The largest absolute Gasteiger partial charge is 1.00 e. The number of aromatic amines is 1. The van der Waals surface area contributed by atoms with E-state index in [1.54, 1.807) is 0 Å². The van der Waals surface area contributed by atoms with Crippen molar-refractivity contribution in [2.75, 3.05) is 0 Å². The van der Waals surface area contributed by atoms with Crippen LogP contribution in [0, 0.1) is 0 Å². The molecule has 3 rings (SSSR count). The molecule has 0 saturated heterocycles. The minimum absolute atomic E-state index is 0. The van der Waals surface area contributed by atoms with E-state index in [-0.39, 0.29) is 17.0 Å². The highest BCUT2D eigenvalue weighted by Crippen LogP contribution is 2.23. The maximum absolute atomic E-state index is 3.47. The highest BCUT2D eigenvalue weighted by atomic mass is 79.9. The summed E-state index contributed by atoms with van der Waals surface area (Å²) in [4.78, 5) is 3.47. The van der Waals surface area contributed by atoms with Gasteiger partial charge in [-0.2, -0.15) is 0 Å². The second kappa shape index (κ2) is 5.53. The van der Waals surface area contributed by atoms with E-state index >= 15 is 0 Å². The lowest BCUT2D eigenvalue weighted by Crippen LogP contribution is -3.00. The molecule has 0 saturated carbocycles. The van der Waals surface area contributed by atoms with E-state index in [0.29, 0.717) is 0 Å². The minimum Gasteiger partial charge on any atom is -1.00 e. The van der Waals surface area contributed by atoms with Crippen LogP contribution in [0.5, 0.6) is 0 Å². The van der Waals surface area contributed by atoms with Crippen LogP contribution in [0.1, 0.15) is 19.8 Å². The molecule has 2 aromatic heterocycles. The Labute approximate surface area is 117 Å². The summed E-state index contributed by atoms with van der Waals surface area (Å²) >= 11 is 0. The van der Waals surface area contributed by atoms with Gasteiger partial charge in [0.25, 0.3) is 0 Å². The number of nitrogens with zero attached hydrogens (tertiary/aromatic N) is 1. The summed E-state index contributed by atoms with van der Waals surface area (Å²) in [5, 5.41) is 2.62. The predicted octanol–water partition coefficient (Wildman–Crippen LogP) is 0.413. The lowest BCUT2D eigenvalue weighted by molar-refractivity contribution is -0.696. The standard InChI is InChI=1S/C15H16N2.BrH/c1-2-3-9-17-10-8-13-12-6-4-5-7-14(12)16-15(13)11-17;/h4-8,10-11H,2-3,9H2,1H3;1H. The van der Waals surface area contributed by atoms with Gasteiger partial charge in [-0.05, 0) is 6.07 Å². The molecule has 94 valence electrons. The Kier molecular flexibility index (Phi) is 4.02. The van der Waals surface area contributed by atoms with Crippen LogP contribution in [-0.2, 0) is 6.54 Å². The number of aryl methyl sites for hydroxylation is 1. The molecule has 0 fully saturated rings. The molecular formula is C15H17BrN2. The Hall–Kier alpha value is -1.35. The lowest BCUT2D eigenvalue weighted by atomic mass is 10.2. The Balaban J connectivity index is 0.00000120. The first-order chi connectivity index (χ1) is 8.38. The molecule has 2 heterocycles. The maximum Gasteiger partial charge on any atom is 0.193 e. The van der Waals surface area contributed by atoms with Crippen molar-refractivity contribution >= 4 is 21.8 Å². The molecule has 0 aliphatic rings. The molecule has 0 atom stereocenters. The average Bonchev–Trinajstić information content (AvgIpc) is 2.74. The third-order valence-corrected chi connectivity index (χ3v) is 3.27. The molecule has 1 N–H and O–H groups in total. The fraction of sp³-hybridized carbons (Fsp3) is 0.267. The summed E-state index contributed by atoms with van der Waals surface area (Å²) in [5.74, 6) is 0. The lowest BCUT2D eigenvalue weighted by Gasteiger charge is -1.95. The highest BCUT2D eigenvalue weighted by Gasteiger charge is 2.07. The van der Waals surface area contributed by atoms with Crippen LogP contribution >= 0.6 is 0 Å². The van der Waals surface area contributed by atoms with Crippen LogP contribution in [0.15, 0.2) is 42.7 Å². The molecule has 3 heteroatoms. The van der Waals surface area contributed by atoms with Gasteiger partial charge in [0.05, 0.1) is 0 Å². The van der Waals surface area contributed by atoms with Crippen LogP contribution in [0.2, 0.25) is 0 Å². The van der Waals surface area contributed by atoms with Gasteiger partial charge < -0.3 is 22.0 Å². The van der Waals surface area contributed by atoms with Crippen LogP contribution in [0.3, 0.4) is 0 Å². The number of aromatic nitrogens is 2. The number of halogens is 1. The van der Waals surface area contributed by atoms with E-state index in [1.165, 1.54) is 34.6 Å². The summed E-state index contributed by atoms with van der Waals surface area (Å²) < 4.78 is 2.27. The second-order valence-corrected chi connectivity index (χ2v) is 4.53. The van der Waals surface area contributed by atoms with E-state index in [4.69, 9.17) is 0 Å². The van der Waals surface area contributed by atoms with Crippen LogP contribution in [0.25, 0.3) is 21.8 Å². The monoisotopic (exact) mass is 304 g/mol. The van der Waals surface area contributed by atoms with E-state index in [2.05, 4.69) is 59.2 Å². The SMILES string of the molecule is CCCC[n+]1ccc2c(c1)[nH]c1ccccc12.[Br-]. The zero-order chi connectivity index (χ0) is 11.7. The summed E-state index contributed by atoms with van der Waals surface area (Å²) in [7, 11) is 0. The van der Waals surface area contributed by atoms with Crippen LogP contribution in [-0.4, -0.2) is 4.98 Å². The van der Waals surface area contributed by atoms with Crippen LogP contribution in [0.4, 0.5) is 0 Å². The van der Waals surface area contributed by atoms with Crippen molar-refractivity contribution in [2.24, 2.45) is 0 Å². The summed E-state index contributed by atoms with van der Waals surface area (Å²) in [6, 6.07) is 10.7. The number of unbranched alkanes of at least 4 members (excludes halogenated alkanes) is 1. The smallest absolute Gasteiger partial charge is 0.193 e. The molecule has 0 amide bonds. The molecule has 0 unspecified atom stereocenters. The number of H-pyrrole nitrogens is 1. The van der Waals surface area contributed by atoms with Crippen molar-refractivity contribution in [3.8, 4) is 0 Å². The number of nitrogens with one attached hydrogen (secondary N) is 1. The van der Waals surface area contributed by atoms with E-state index in [0.717, 1.165) is 6.54 Å². The van der Waals surface area contributed by atoms with Gasteiger partial charge in [-0.25, -0.2) is 4.57 Å². The Morgan fingerprint density at radius 1 is 1.06 bits per heavy atom. The molecule has 0 aliphatic heterocycles. The first-order valence-electron chi connectivity index (χ1n) is 6.28. The molecule has 18 heavy (non-hydrogen) atoms. The normalized spacial score (nSPS) is 10.7. The molecule has 0 bridgehead atoms. The molecular weight excluding hydrogens is 288 g/mol. The fourth-order valence-corrected chi connectivity index (χ4v) is 2.32. The van der Waals surface area contributed by atoms with Gasteiger partial charge in [0.15, 0.2) is 12.4 Å². The highest BCUT2D eigenvalue weighted by molar-refractivity contribution is 6.06. The van der Waals surface area contributed by atoms with E-state index < -0.39 is 0 Å². The van der Waals surface area contributed by atoms with Gasteiger partial charge in [0.2, 0.25) is 0 Å². The van der Waals surface area contributed by atoms with Crippen molar-refractivity contribution in [3.63, 3.8) is 0 Å². The maximum atomic E-state index is 3.47. The number of hydrogen-bond acceptors (Lipinski definition) is 0. The summed E-state index contributed by atoms with van der Waals surface area (Å²) in [6.07, 6.45) is 6.86. The van der Waals surface area contributed by atoms with Crippen molar-refractivity contribution in [2.45, 2.75) is 26.3 Å². The minimum atomic E-state index is 0. The zero-order valence-electron chi connectivity index (χ0n) is 10.5. The third kappa shape index (κ3) is 2.27. The molecule has 0 aliphatic carbocycles. The van der Waals surface area contributed by atoms with E-state index in [9.17, 15) is 0 Å². The van der Waals surface area contributed by atoms with Gasteiger partial charge in [0.1, 0.15) is 12.1 Å². The number of fused-ring (bicyclic) bond motifs is 3. The molecule has 2 nitrogen and oxygen atoms in total. The van der Waals surface area contributed by atoms with Crippen molar-refractivity contribution < 1.29 is 21.5 Å². The summed E-state index contributed by atoms with van der Waals surface area (Å²) in [6.45, 7) is 3.32. The van der Waals surface area contributed by atoms with Crippen molar-refractivity contribution in [1.29, 1.82) is 0 Å². The second-order valence-electron chi connectivity index (χ2n) is 4.53. The Morgan fingerprint density at radius 2 is 1.83 bits per heavy atom. The Morgan fingerprint density at radius 3 is 2.67 bits per heavy atom. The molecule has 0 spiro atoms. The average molecular weight is 305 g/mol. The number of pyridine rings is 1. The number of rotatable bonds is 3. The molecule has 0 radical (unpaired) electrons. The number of para-hydroxylation sites is 1. The van der Waals surface area contributed by atoms with Crippen molar-refractivity contribution in [3.05, 3.63) is 42.7 Å². The third-order valence-electron chi connectivity index (χ3n) is 3.27. The summed E-state index contributed by atoms with van der Waals surface area (Å²) in [5.41, 5.74) is 2.44. The van der Waals surface area contributed by atoms with Gasteiger partial charge in [-0.15, -0.1) is 0 Å². The fourth-order valence-electron chi connectivity index (χ4n) is 2.32. The zero-order valence-corrected chi connectivity index (χ0v) is 12.1. The molecule has 1 aromatic carbocycles. The Bertz CT molecular complexity index is 658. The predicted molar refractivity (Wildman–Crippen MR) is 70.9 cm³/mol.